The molecule has 5 atom stereocenters. The lowest BCUT2D eigenvalue weighted by molar-refractivity contribution is -0.984. The van der Waals surface area contributed by atoms with Crippen LogP contribution in [0.3, 0.4) is 0 Å². The summed E-state index contributed by atoms with van der Waals surface area (Å²) in [6.07, 6.45) is -6.07. The van der Waals surface area contributed by atoms with E-state index in [-0.39, 0.29) is 0 Å². The molecule has 0 aromatic rings. The number of ether oxygens (including phenoxy) is 1. The minimum Gasteiger partial charge on any atom is -0.394 e. The molecule has 0 radical (unpaired) electrons. The number of hydrogen-bond donors (Lipinski definition) is 3. The highest BCUT2D eigenvalue weighted by atomic mass is 17.0. The Balaban J connectivity index is 4.15. The summed E-state index contributed by atoms with van der Waals surface area (Å²) in [5, 5.41) is 79.8. The van der Waals surface area contributed by atoms with E-state index >= 15 is 0 Å². The average Bonchev–Trinajstić information content (AvgIpc) is 2.52. The summed E-state index contributed by atoms with van der Waals surface area (Å²) in [6, 6.07) is 0. The molecule has 21 nitrogen and oxygen atoms in total. The van der Waals surface area contributed by atoms with Crippen molar-refractivity contribution in [1.82, 2.24) is 0 Å². The molecular weight excluding hydrogens is 398 g/mol. The van der Waals surface area contributed by atoms with Crippen molar-refractivity contribution >= 4 is 0 Å². The van der Waals surface area contributed by atoms with E-state index in [1.807, 2.05) is 0 Å². The lowest BCUT2D eigenvalue weighted by atomic mass is 9.84. The van der Waals surface area contributed by atoms with Crippen molar-refractivity contribution in [2.45, 2.75) is 29.6 Å². The van der Waals surface area contributed by atoms with E-state index in [0.29, 0.717) is 0 Å². The fourth-order valence-electron chi connectivity index (χ4n) is 2.36. The van der Waals surface area contributed by atoms with Crippen LogP contribution in [0.25, 0.3) is 0 Å². The maximum atomic E-state index is 11.4. The van der Waals surface area contributed by atoms with Crippen LogP contribution < -0.4 is 0 Å². The number of rotatable bonds is 8. The van der Waals surface area contributed by atoms with Gasteiger partial charge in [0.15, 0.2) is 6.10 Å². The number of aliphatic hydroxyl groups is 3. The SMILES string of the molecule is O=[N+]([O-])O[C@@]1([N+](=O)[O-])[C@H](O)[C@@H](CO)OC(O)([N+](=O)[O-])[C@@]1(O[N+](=O)[O-])[N+](=O)[O-]. The Bertz CT molecular complexity index is 697. The first-order chi connectivity index (χ1) is 12.2. The molecule has 0 bridgehead atoms. The van der Waals surface area contributed by atoms with Crippen molar-refractivity contribution in [2.75, 3.05) is 6.61 Å². The van der Waals surface area contributed by atoms with Gasteiger partial charge in [-0.1, -0.05) is 0 Å². The van der Waals surface area contributed by atoms with Gasteiger partial charge >= 0.3 is 27.5 Å². The summed E-state index contributed by atoms with van der Waals surface area (Å²) >= 11 is 0. The molecule has 1 heterocycles. The smallest absolute Gasteiger partial charge is 0.394 e. The highest BCUT2D eigenvalue weighted by Gasteiger charge is 3.00. The zero-order valence-corrected chi connectivity index (χ0v) is 12.2. The fraction of sp³-hybridized carbons (Fsp3) is 1.00. The lowest BCUT2D eigenvalue weighted by Gasteiger charge is -2.44. The molecule has 1 unspecified atom stereocenters. The summed E-state index contributed by atoms with van der Waals surface area (Å²) in [5.41, 5.74) is -10.0. The van der Waals surface area contributed by atoms with Gasteiger partial charge in [-0.15, -0.1) is 20.2 Å². The second-order valence-electron chi connectivity index (χ2n) is 4.63. The molecule has 152 valence electrons. The van der Waals surface area contributed by atoms with E-state index in [9.17, 15) is 60.8 Å². The van der Waals surface area contributed by atoms with E-state index in [1.54, 1.807) is 0 Å². The highest BCUT2D eigenvalue weighted by Crippen LogP contribution is 2.49. The molecule has 0 aliphatic carbocycles. The minimum absolute atomic E-state index is 1.65. The summed E-state index contributed by atoms with van der Waals surface area (Å²) in [4.78, 5) is 55.3. The molecular formula is C6H7N5O16. The van der Waals surface area contributed by atoms with E-state index in [0.717, 1.165) is 0 Å². The first-order valence-electron chi connectivity index (χ1n) is 6.04. The average molecular weight is 405 g/mol. The van der Waals surface area contributed by atoms with Crippen LogP contribution >= 0.6 is 0 Å². The quantitative estimate of drug-likeness (QED) is 0.197. The van der Waals surface area contributed by atoms with Gasteiger partial charge < -0.3 is 10.2 Å². The lowest BCUT2D eigenvalue weighted by Crippen LogP contribution is -2.87. The topological polar surface area (TPSA) is 304 Å². The van der Waals surface area contributed by atoms with Crippen LogP contribution in [0.1, 0.15) is 0 Å². The Hall–Kier alpha value is -3.56. The van der Waals surface area contributed by atoms with Gasteiger partial charge in [0, 0.05) is 0 Å². The van der Waals surface area contributed by atoms with Crippen LogP contribution in [0.5, 0.6) is 0 Å². The molecule has 1 aliphatic heterocycles. The van der Waals surface area contributed by atoms with Crippen molar-refractivity contribution in [3.63, 3.8) is 0 Å². The molecule has 0 amide bonds. The number of hydrogen-bond acceptors (Lipinski definition) is 16. The molecule has 1 aliphatic rings. The van der Waals surface area contributed by atoms with E-state index in [4.69, 9.17) is 5.11 Å². The van der Waals surface area contributed by atoms with Crippen molar-refractivity contribution in [1.29, 1.82) is 0 Å². The van der Waals surface area contributed by atoms with E-state index in [2.05, 4.69) is 14.4 Å². The Morgan fingerprint density at radius 1 is 0.889 bits per heavy atom. The summed E-state index contributed by atoms with van der Waals surface area (Å²) < 4.78 is 4.04. The van der Waals surface area contributed by atoms with Gasteiger partial charge in [-0.2, -0.15) is 0 Å². The molecule has 1 rings (SSSR count). The highest BCUT2D eigenvalue weighted by molar-refractivity contribution is 5.04. The Morgan fingerprint density at radius 2 is 1.37 bits per heavy atom. The summed E-state index contributed by atoms with van der Waals surface area (Å²) in [5.74, 6) is -4.93. The standard InChI is InChI=1S/C6H7N5O16/c12-1-2-3(13)4(7(15)16,26-10(21)22)5(8(17)18,27-11(23)24)6(14,25-2)9(19)20/h2-3,12-14H,1H2/t2-,3-,4+,5-,6?/m1/s1. The molecule has 21 heteroatoms. The monoisotopic (exact) mass is 405 g/mol. The van der Waals surface area contributed by atoms with Crippen molar-refractivity contribution in [3.8, 4) is 0 Å². The molecule has 0 saturated carbocycles. The van der Waals surface area contributed by atoms with Gasteiger partial charge in [-0.3, -0.25) is 40.2 Å². The first kappa shape index (κ1) is 21.5. The molecule has 1 fully saturated rings. The fourth-order valence-corrected chi connectivity index (χ4v) is 2.36. The maximum Gasteiger partial charge on any atom is 0.580 e. The summed E-state index contributed by atoms with van der Waals surface area (Å²) in [6.45, 7) is -1.65. The Kier molecular flexibility index (Phi) is 5.28. The normalized spacial score (nSPS) is 35.7. The van der Waals surface area contributed by atoms with Crippen LogP contribution in [-0.2, 0) is 14.4 Å². The largest absolute Gasteiger partial charge is 0.580 e. The van der Waals surface area contributed by atoms with Crippen molar-refractivity contribution in [3.05, 3.63) is 50.6 Å². The molecule has 27 heavy (non-hydrogen) atoms. The van der Waals surface area contributed by atoms with Crippen molar-refractivity contribution < 1.29 is 54.7 Å². The Labute approximate surface area is 142 Å². The van der Waals surface area contributed by atoms with Gasteiger partial charge in [0.05, 0.1) is 21.4 Å². The zero-order valence-electron chi connectivity index (χ0n) is 12.2. The summed E-state index contributed by atoms with van der Waals surface area (Å²) in [7, 11) is 0. The maximum absolute atomic E-state index is 11.4. The van der Waals surface area contributed by atoms with Crippen LogP contribution in [0, 0.1) is 50.6 Å². The molecule has 1 saturated heterocycles. The molecule has 0 aromatic heterocycles. The molecule has 0 spiro atoms. The van der Waals surface area contributed by atoms with Gasteiger partial charge in [-0.05, 0) is 0 Å². The number of aliphatic hydroxyl groups excluding tert-OH is 2. The van der Waals surface area contributed by atoms with Crippen LogP contribution in [0.2, 0.25) is 0 Å². The number of nitrogens with zero attached hydrogens (tertiary/aromatic N) is 5. The van der Waals surface area contributed by atoms with Crippen LogP contribution in [0.15, 0.2) is 0 Å². The first-order valence-corrected chi connectivity index (χ1v) is 6.04. The Morgan fingerprint density at radius 3 is 1.67 bits per heavy atom. The number of nitro groups is 3. The van der Waals surface area contributed by atoms with Gasteiger partial charge in [0.25, 0.3) is 0 Å². The zero-order chi connectivity index (χ0) is 21.4. The van der Waals surface area contributed by atoms with E-state index < -0.39 is 61.1 Å². The van der Waals surface area contributed by atoms with Gasteiger partial charge in [0.2, 0.25) is 0 Å². The second-order valence-corrected chi connectivity index (χ2v) is 4.63. The third-order valence-corrected chi connectivity index (χ3v) is 3.37. The molecule has 3 N–H and O–H groups in total. The van der Waals surface area contributed by atoms with Gasteiger partial charge in [0.1, 0.15) is 6.10 Å². The second kappa shape index (κ2) is 6.63. The predicted octanol–water partition coefficient (Wildman–Crippen LogP) is -3.98. The van der Waals surface area contributed by atoms with Gasteiger partial charge in [-0.25, -0.2) is 9.68 Å². The van der Waals surface area contributed by atoms with E-state index in [1.165, 1.54) is 0 Å². The third-order valence-electron chi connectivity index (χ3n) is 3.37. The third kappa shape index (κ3) is 2.65. The van der Waals surface area contributed by atoms with Crippen LogP contribution in [-0.4, -0.2) is 76.4 Å². The van der Waals surface area contributed by atoms with Crippen LogP contribution in [0.4, 0.5) is 0 Å². The minimum atomic E-state index is -5.17. The predicted molar refractivity (Wildman–Crippen MR) is 65.5 cm³/mol. The van der Waals surface area contributed by atoms with Crippen molar-refractivity contribution in [2.24, 2.45) is 0 Å². The molecule has 0 aromatic carbocycles.